The summed E-state index contributed by atoms with van der Waals surface area (Å²) in [5.74, 6) is 0.470. The van der Waals surface area contributed by atoms with E-state index in [0.29, 0.717) is 12.0 Å². The van der Waals surface area contributed by atoms with Gasteiger partial charge < -0.3 is 15.4 Å². The molecule has 1 aromatic rings. The van der Waals surface area contributed by atoms with E-state index >= 15 is 0 Å². The number of hydrogen-bond donors (Lipinski definition) is 2. The summed E-state index contributed by atoms with van der Waals surface area (Å²) in [5, 5.41) is 17.1. The number of nitrogens with one attached hydrogen (secondary N) is 2. The minimum absolute atomic E-state index is 0.0917. The molecule has 2 rings (SSSR count). The molecule has 2 atom stereocenters. The Kier molecular flexibility index (Phi) is 4.79. The van der Waals surface area contributed by atoms with Crippen LogP contribution in [-0.4, -0.2) is 31.2 Å². The van der Waals surface area contributed by atoms with E-state index in [0.717, 1.165) is 37.4 Å². The van der Waals surface area contributed by atoms with Gasteiger partial charge in [-0.1, -0.05) is 6.92 Å². The smallest absolute Gasteiger partial charge is 0.273 e. The van der Waals surface area contributed by atoms with Crippen LogP contribution in [0.1, 0.15) is 19.8 Å². The number of hydrogen-bond acceptors (Lipinski definition) is 5. The summed E-state index contributed by atoms with van der Waals surface area (Å²) in [4.78, 5) is 10.5. The van der Waals surface area contributed by atoms with E-state index < -0.39 is 0 Å². The molecule has 0 saturated carbocycles. The summed E-state index contributed by atoms with van der Waals surface area (Å²) in [5.41, 5.74) is 1.59. The largest absolute Gasteiger partial charge is 0.388 e. The lowest BCUT2D eigenvalue weighted by Crippen LogP contribution is -2.22. The second-order valence-electron chi connectivity index (χ2n) is 5.02. The molecular weight excluding hydrogens is 258 g/mol. The Hall–Kier alpha value is -1.82. The molecule has 6 heteroatoms. The summed E-state index contributed by atoms with van der Waals surface area (Å²) < 4.78 is 5.65. The molecule has 20 heavy (non-hydrogen) atoms. The molecule has 110 valence electrons. The standard InChI is InChI=1S/C14H21N3O3/c1-3-14-10(4-5-20-14)9-16-12-6-11(15-2)7-13(8-12)17(18)19/h6-8,10,14-16H,3-5,9H2,1-2H3. The first-order valence-corrected chi connectivity index (χ1v) is 6.96. The minimum Gasteiger partial charge on any atom is -0.388 e. The van der Waals surface area contributed by atoms with Crippen molar-refractivity contribution in [3.63, 3.8) is 0 Å². The predicted molar refractivity (Wildman–Crippen MR) is 79.3 cm³/mol. The van der Waals surface area contributed by atoms with Crippen molar-refractivity contribution in [2.75, 3.05) is 30.8 Å². The fourth-order valence-corrected chi connectivity index (χ4v) is 2.59. The summed E-state index contributed by atoms with van der Waals surface area (Å²) in [6.45, 7) is 3.71. The zero-order valence-corrected chi connectivity index (χ0v) is 11.9. The molecule has 2 unspecified atom stereocenters. The van der Waals surface area contributed by atoms with E-state index in [1.54, 1.807) is 13.1 Å². The number of nitro groups is 1. The molecule has 0 aliphatic carbocycles. The minimum atomic E-state index is -0.375. The molecule has 0 radical (unpaired) electrons. The van der Waals surface area contributed by atoms with E-state index in [1.165, 1.54) is 6.07 Å². The molecule has 1 saturated heterocycles. The first-order valence-electron chi connectivity index (χ1n) is 6.96. The monoisotopic (exact) mass is 279 g/mol. The zero-order chi connectivity index (χ0) is 14.5. The lowest BCUT2D eigenvalue weighted by Gasteiger charge is -2.18. The Labute approximate surface area is 118 Å². The van der Waals surface area contributed by atoms with Crippen LogP contribution in [-0.2, 0) is 4.74 Å². The van der Waals surface area contributed by atoms with Crippen LogP contribution < -0.4 is 10.6 Å². The highest BCUT2D eigenvalue weighted by molar-refractivity contribution is 5.63. The number of rotatable bonds is 6. The van der Waals surface area contributed by atoms with Gasteiger partial charge in [0.1, 0.15) is 0 Å². The van der Waals surface area contributed by atoms with Gasteiger partial charge in [0.15, 0.2) is 0 Å². The zero-order valence-electron chi connectivity index (χ0n) is 11.9. The molecule has 1 aliphatic heterocycles. The first kappa shape index (κ1) is 14.6. The van der Waals surface area contributed by atoms with E-state index in [9.17, 15) is 10.1 Å². The van der Waals surface area contributed by atoms with Gasteiger partial charge in [-0.3, -0.25) is 10.1 Å². The average Bonchev–Trinajstić information content (AvgIpc) is 2.92. The van der Waals surface area contributed by atoms with Crippen LogP contribution in [0.15, 0.2) is 18.2 Å². The number of nitro benzene ring substituents is 1. The highest BCUT2D eigenvalue weighted by Crippen LogP contribution is 2.27. The quantitative estimate of drug-likeness (QED) is 0.618. The number of anilines is 2. The molecule has 0 spiro atoms. The van der Waals surface area contributed by atoms with Crippen molar-refractivity contribution < 1.29 is 9.66 Å². The normalized spacial score (nSPS) is 21.7. The van der Waals surface area contributed by atoms with Crippen molar-refractivity contribution in [3.05, 3.63) is 28.3 Å². The Morgan fingerprint density at radius 2 is 2.15 bits per heavy atom. The van der Waals surface area contributed by atoms with Crippen molar-refractivity contribution in [1.29, 1.82) is 0 Å². The lowest BCUT2D eigenvalue weighted by atomic mass is 9.99. The molecule has 0 bridgehead atoms. The topological polar surface area (TPSA) is 76.4 Å². The number of non-ortho nitro benzene ring substituents is 1. The van der Waals surface area contributed by atoms with Crippen molar-refractivity contribution in [3.8, 4) is 0 Å². The third-order valence-electron chi connectivity index (χ3n) is 3.73. The van der Waals surface area contributed by atoms with Gasteiger partial charge in [0.2, 0.25) is 0 Å². The van der Waals surface area contributed by atoms with Crippen LogP contribution in [0, 0.1) is 16.0 Å². The van der Waals surface area contributed by atoms with Gasteiger partial charge in [-0.25, -0.2) is 0 Å². The van der Waals surface area contributed by atoms with E-state index in [4.69, 9.17) is 4.74 Å². The average molecular weight is 279 g/mol. The van der Waals surface area contributed by atoms with E-state index in [-0.39, 0.29) is 10.6 Å². The SMILES string of the molecule is CCC1OCCC1CNc1cc(NC)cc([N+](=O)[O-])c1. The van der Waals surface area contributed by atoms with E-state index in [2.05, 4.69) is 17.6 Å². The lowest BCUT2D eigenvalue weighted by molar-refractivity contribution is -0.384. The van der Waals surface area contributed by atoms with Crippen molar-refractivity contribution >= 4 is 17.1 Å². The summed E-state index contributed by atoms with van der Waals surface area (Å²) >= 11 is 0. The van der Waals surface area contributed by atoms with Gasteiger partial charge in [-0.05, 0) is 18.9 Å². The fraction of sp³-hybridized carbons (Fsp3) is 0.571. The molecule has 0 amide bonds. The maximum absolute atomic E-state index is 10.9. The van der Waals surface area contributed by atoms with Crippen LogP contribution in [0.2, 0.25) is 0 Å². The fourth-order valence-electron chi connectivity index (χ4n) is 2.59. The number of benzene rings is 1. The summed E-state index contributed by atoms with van der Waals surface area (Å²) in [6, 6.07) is 4.97. The van der Waals surface area contributed by atoms with Gasteiger partial charge in [0, 0.05) is 49.6 Å². The van der Waals surface area contributed by atoms with Crippen molar-refractivity contribution in [2.45, 2.75) is 25.9 Å². The first-order chi connectivity index (χ1) is 9.63. The second kappa shape index (κ2) is 6.56. The van der Waals surface area contributed by atoms with Crippen molar-refractivity contribution in [2.24, 2.45) is 5.92 Å². The van der Waals surface area contributed by atoms with Gasteiger partial charge >= 0.3 is 0 Å². The number of ether oxygens (including phenoxy) is 1. The van der Waals surface area contributed by atoms with Crippen LogP contribution in [0.25, 0.3) is 0 Å². The summed E-state index contributed by atoms with van der Waals surface area (Å²) in [6.07, 6.45) is 2.34. The van der Waals surface area contributed by atoms with Gasteiger partial charge in [-0.2, -0.15) is 0 Å². The van der Waals surface area contributed by atoms with Crippen LogP contribution in [0.4, 0.5) is 17.1 Å². The van der Waals surface area contributed by atoms with Crippen LogP contribution in [0.3, 0.4) is 0 Å². The van der Waals surface area contributed by atoms with Gasteiger partial charge in [-0.15, -0.1) is 0 Å². The highest BCUT2D eigenvalue weighted by atomic mass is 16.6. The highest BCUT2D eigenvalue weighted by Gasteiger charge is 2.26. The van der Waals surface area contributed by atoms with Crippen molar-refractivity contribution in [1.82, 2.24) is 0 Å². The molecule has 1 fully saturated rings. The van der Waals surface area contributed by atoms with Crippen LogP contribution in [0.5, 0.6) is 0 Å². The molecule has 2 N–H and O–H groups in total. The molecular formula is C14H21N3O3. The predicted octanol–water partition coefficient (Wildman–Crippen LogP) is 2.86. The third-order valence-corrected chi connectivity index (χ3v) is 3.73. The number of nitrogens with zero attached hydrogens (tertiary/aromatic N) is 1. The van der Waals surface area contributed by atoms with Gasteiger partial charge in [0.05, 0.1) is 11.0 Å². The van der Waals surface area contributed by atoms with Gasteiger partial charge in [0.25, 0.3) is 5.69 Å². The van der Waals surface area contributed by atoms with E-state index in [1.807, 2.05) is 6.07 Å². The molecule has 0 aromatic heterocycles. The maximum Gasteiger partial charge on any atom is 0.273 e. The molecule has 1 aliphatic rings. The Morgan fingerprint density at radius 1 is 1.40 bits per heavy atom. The molecule has 6 nitrogen and oxygen atoms in total. The molecule has 1 heterocycles. The second-order valence-corrected chi connectivity index (χ2v) is 5.02. The van der Waals surface area contributed by atoms with Crippen LogP contribution >= 0.6 is 0 Å². The Morgan fingerprint density at radius 3 is 2.80 bits per heavy atom. The molecule has 1 aromatic carbocycles. The maximum atomic E-state index is 10.9. The third kappa shape index (κ3) is 3.39. The Bertz CT molecular complexity index is 479. The Balaban J connectivity index is 2.05. The summed E-state index contributed by atoms with van der Waals surface area (Å²) in [7, 11) is 1.75.